The summed E-state index contributed by atoms with van der Waals surface area (Å²) in [4.78, 5) is 21.5. The predicted molar refractivity (Wildman–Crippen MR) is 62.3 cm³/mol. The first-order chi connectivity index (χ1) is 8.36. The second kappa shape index (κ2) is 5.27. The largest absolute Gasteiger partial charge is 0.460 e. The lowest BCUT2D eigenvalue weighted by Crippen LogP contribution is -2.24. The number of rotatable bonds is 4. The Kier molecular flexibility index (Phi) is 4.00. The Morgan fingerprint density at radius 2 is 2.22 bits per heavy atom. The van der Waals surface area contributed by atoms with Gasteiger partial charge in [-0.1, -0.05) is 12.1 Å². The van der Waals surface area contributed by atoms with Crippen molar-refractivity contribution in [3.05, 3.63) is 39.9 Å². The van der Waals surface area contributed by atoms with Gasteiger partial charge in [0.05, 0.1) is 11.0 Å². The number of benzene rings is 1. The number of carbonyl (C=O) groups excluding carboxylic acids is 1. The molecule has 0 N–H and O–H groups in total. The minimum atomic E-state index is -1.22. The van der Waals surface area contributed by atoms with Gasteiger partial charge in [0.15, 0.2) is 0 Å². The van der Waals surface area contributed by atoms with E-state index in [4.69, 9.17) is 10.00 Å². The molecule has 0 aliphatic carbocycles. The maximum atomic E-state index is 11.5. The van der Waals surface area contributed by atoms with Crippen LogP contribution in [0.3, 0.4) is 0 Å². The van der Waals surface area contributed by atoms with Crippen LogP contribution in [0.2, 0.25) is 0 Å². The van der Waals surface area contributed by atoms with E-state index < -0.39 is 16.3 Å². The summed E-state index contributed by atoms with van der Waals surface area (Å²) in [5.74, 6) is -0.656. The van der Waals surface area contributed by atoms with Crippen LogP contribution in [0.5, 0.6) is 0 Å². The zero-order valence-electron chi connectivity index (χ0n) is 10.0. The Hall–Kier alpha value is -2.42. The molecule has 1 rings (SSSR count). The molecule has 0 aliphatic heterocycles. The number of nitrogens with zero attached hydrogens (tertiary/aromatic N) is 2. The topological polar surface area (TPSA) is 93.2 Å². The van der Waals surface area contributed by atoms with Gasteiger partial charge in [-0.05, 0) is 19.4 Å². The van der Waals surface area contributed by atoms with E-state index in [1.54, 1.807) is 6.07 Å². The maximum absolute atomic E-state index is 11.5. The third kappa shape index (κ3) is 3.28. The van der Waals surface area contributed by atoms with Gasteiger partial charge in [0.1, 0.15) is 12.0 Å². The van der Waals surface area contributed by atoms with Crippen molar-refractivity contribution in [1.29, 1.82) is 5.26 Å². The lowest BCUT2D eigenvalue weighted by atomic mass is 9.96. The molecule has 18 heavy (non-hydrogen) atoms. The van der Waals surface area contributed by atoms with E-state index in [0.717, 1.165) is 0 Å². The summed E-state index contributed by atoms with van der Waals surface area (Å²) in [6.45, 7) is 2.80. The summed E-state index contributed by atoms with van der Waals surface area (Å²) in [5, 5.41) is 19.3. The van der Waals surface area contributed by atoms with Crippen molar-refractivity contribution >= 4 is 11.7 Å². The molecule has 0 aliphatic rings. The van der Waals surface area contributed by atoms with Crippen molar-refractivity contribution in [2.75, 3.05) is 0 Å². The van der Waals surface area contributed by atoms with Crippen molar-refractivity contribution in [2.24, 2.45) is 5.41 Å². The van der Waals surface area contributed by atoms with Gasteiger partial charge in [-0.3, -0.25) is 14.9 Å². The van der Waals surface area contributed by atoms with Gasteiger partial charge in [-0.2, -0.15) is 5.26 Å². The van der Waals surface area contributed by atoms with Gasteiger partial charge < -0.3 is 4.74 Å². The van der Waals surface area contributed by atoms with E-state index in [0.29, 0.717) is 5.56 Å². The van der Waals surface area contributed by atoms with E-state index in [1.807, 2.05) is 6.07 Å². The molecule has 0 amide bonds. The highest BCUT2D eigenvalue weighted by atomic mass is 16.6. The van der Waals surface area contributed by atoms with E-state index in [9.17, 15) is 14.9 Å². The Balaban J connectivity index is 2.71. The summed E-state index contributed by atoms with van der Waals surface area (Å²) < 4.78 is 4.93. The molecule has 6 heteroatoms. The van der Waals surface area contributed by atoms with Crippen LogP contribution in [0, 0.1) is 26.9 Å². The van der Waals surface area contributed by atoms with Crippen LogP contribution in [0.15, 0.2) is 24.3 Å². The average molecular weight is 248 g/mol. The van der Waals surface area contributed by atoms with E-state index in [1.165, 1.54) is 32.0 Å². The molecule has 0 atom stereocenters. The number of nitro benzene ring substituents is 1. The second-order valence-corrected chi connectivity index (χ2v) is 4.24. The highest BCUT2D eigenvalue weighted by molar-refractivity contribution is 5.78. The third-order valence-electron chi connectivity index (χ3n) is 2.28. The first kappa shape index (κ1) is 13.6. The zero-order valence-corrected chi connectivity index (χ0v) is 10.0. The standard InChI is InChI=1S/C12H12N2O4/c1-12(2,8-13)11(15)18-7-9-4-3-5-10(6-9)14(16)17/h3-6H,7H2,1-2H3. The molecular weight excluding hydrogens is 236 g/mol. The van der Waals surface area contributed by atoms with Gasteiger partial charge in [-0.15, -0.1) is 0 Å². The monoisotopic (exact) mass is 248 g/mol. The smallest absolute Gasteiger partial charge is 0.326 e. The maximum Gasteiger partial charge on any atom is 0.326 e. The molecule has 94 valence electrons. The number of hydrogen-bond acceptors (Lipinski definition) is 5. The Labute approximate surface area is 104 Å². The lowest BCUT2D eigenvalue weighted by Gasteiger charge is -2.13. The Morgan fingerprint density at radius 1 is 1.56 bits per heavy atom. The molecule has 0 bridgehead atoms. The zero-order chi connectivity index (χ0) is 13.8. The van der Waals surface area contributed by atoms with E-state index in [2.05, 4.69) is 0 Å². The van der Waals surface area contributed by atoms with Crippen LogP contribution in [-0.2, 0) is 16.1 Å². The minimum Gasteiger partial charge on any atom is -0.460 e. The quantitative estimate of drug-likeness (QED) is 0.462. The molecule has 0 radical (unpaired) electrons. The van der Waals surface area contributed by atoms with Gasteiger partial charge >= 0.3 is 5.97 Å². The molecule has 6 nitrogen and oxygen atoms in total. The van der Waals surface area contributed by atoms with Crippen LogP contribution in [0.4, 0.5) is 5.69 Å². The van der Waals surface area contributed by atoms with Crippen molar-refractivity contribution < 1.29 is 14.5 Å². The van der Waals surface area contributed by atoms with E-state index >= 15 is 0 Å². The molecule has 0 fully saturated rings. The molecule has 0 aromatic heterocycles. The van der Waals surface area contributed by atoms with Crippen LogP contribution >= 0.6 is 0 Å². The van der Waals surface area contributed by atoms with Gasteiger partial charge in [0.2, 0.25) is 0 Å². The molecule has 0 spiro atoms. The molecule has 1 aromatic carbocycles. The number of nitriles is 1. The predicted octanol–water partition coefficient (Wildman–Crippen LogP) is 2.19. The van der Waals surface area contributed by atoms with Crippen LogP contribution in [-0.4, -0.2) is 10.9 Å². The van der Waals surface area contributed by atoms with Crippen molar-refractivity contribution in [2.45, 2.75) is 20.5 Å². The van der Waals surface area contributed by atoms with E-state index in [-0.39, 0.29) is 12.3 Å². The SMILES string of the molecule is CC(C)(C#N)C(=O)OCc1cccc([N+](=O)[O-])c1. The first-order valence-corrected chi connectivity index (χ1v) is 5.18. The number of ether oxygens (including phenoxy) is 1. The van der Waals surface area contributed by atoms with Gasteiger partial charge in [-0.25, -0.2) is 0 Å². The fraction of sp³-hybridized carbons (Fsp3) is 0.333. The fourth-order valence-corrected chi connectivity index (χ4v) is 1.13. The van der Waals surface area contributed by atoms with Crippen molar-refractivity contribution in [3.63, 3.8) is 0 Å². The molecule has 0 saturated heterocycles. The number of hydrogen-bond donors (Lipinski definition) is 0. The van der Waals surface area contributed by atoms with Crippen LogP contribution in [0.25, 0.3) is 0 Å². The molecule has 1 aromatic rings. The fourth-order valence-electron chi connectivity index (χ4n) is 1.13. The lowest BCUT2D eigenvalue weighted by molar-refractivity contribution is -0.384. The summed E-state index contributed by atoms with van der Waals surface area (Å²) in [5.41, 5.74) is -0.782. The molecule has 0 heterocycles. The molecule has 0 unspecified atom stereocenters. The Bertz CT molecular complexity index is 517. The summed E-state index contributed by atoms with van der Waals surface area (Å²) in [6, 6.07) is 7.62. The van der Waals surface area contributed by atoms with Crippen molar-refractivity contribution in [3.8, 4) is 6.07 Å². The van der Waals surface area contributed by atoms with Crippen LogP contribution < -0.4 is 0 Å². The molecule has 0 saturated carbocycles. The number of carbonyl (C=O) groups is 1. The molecular formula is C12H12N2O4. The Morgan fingerprint density at radius 3 is 2.78 bits per heavy atom. The van der Waals surface area contributed by atoms with Gasteiger partial charge in [0, 0.05) is 12.1 Å². The number of nitro groups is 1. The minimum absolute atomic E-state index is 0.0666. The average Bonchev–Trinajstić information content (AvgIpc) is 2.36. The number of esters is 1. The normalized spacial score (nSPS) is 10.5. The van der Waals surface area contributed by atoms with Crippen molar-refractivity contribution in [1.82, 2.24) is 0 Å². The summed E-state index contributed by atoms with van der Waals surface area (Å²) in [7, 11) is 0. The highest BCUT2D eigenvalue weighted by Crippen LogP contribution is 2.18. The second-order valence-electron chi connectivity index (χ2n) is 4.24. The summed E-state index contributed by atoms with van der Waals surface area (Å²) >= 11 is 0. The third-order valence-corrected chi connectivity index (χ3v) is 2.28. The first-order valence-electron chi connectivity index (χ1n) is 5.18. The van der Waals surface area contributed by atoms with Gasteiger partial charge in [0.25, 0.3) is 5.69 Å². The van der Waals surface area contributed by atoms with Crippen LogP contribution in [0.1, 0.15) is 19.4 Å². The summed E-state index contributed by atoms with van der Waals surface area (Å²) in [6.07, 6.45) is 0. The highest BCUT2D eigenvalue weighted by Gasteiger charge is 2.29. The number of non-ortho nitro benzene ring substituents is 1.